The first-order valence-electron chi connectivity index (χ1n) is 25.9. The molecular formula is C56H86CaO6S2. The Morgan fingerprint density at radius 1 is 0.338 bits per heavy atom. The molecule has 9 heteroatoms. The first kappa shape index (κ1) is 59.6. The fourth-order valence-corrected chi connectivity index (χ4v) is 10.4. The molecule has 4 aromatic rings. The quantitative estimate of drug-likeness (QED) is 0.0262. The zero-order valence-electron chi connectivity index (χ0n) is 41.4. The topological polar surface area (TPSA) is 114 Å². The van der Waals surface area contributed by atoms with E-state index in [-0.39, 0.29) is 47.5 Å². The van der Waals surface area contributed by atoms with E-state index in [1.54, 1.807) is 24.3 Å². The third-order valence-corrected chi connectivity index (χ3v) is 14.6. The number of aryl methyl sites for hydroxylation is 4. The van der Waals surface area contributed by atoms with E-state index in [9.17, 15) is 25.9 Å². The fourth-order valence-electron chi connectivity index (χ4n) is 9.33. The number of unbranched alkanes of at least 4 members (excludes halogenated alkanes) is 24. The van der Waals surface area contributed by atoms with Crippen molar-refractivity contribution in [1.29, 1.82) is 0 Å². The van der Waals surface area contributed by atoms with Gasteiger partial charge >= 0.3 is 37.7 Å². The van der Waals surface area contributed by atoms with Crippen LogP contribution in [0.3, 0.4) is 0 Å². The van der Waals surface area contributed by atoms with Crippen LogP contribution in [0.15, 0.2) is 70.5 Å². The van der Waals surface area contributed by atoms with Gasteiger partial charge in [0.05, 0.1) is 9.79 Å². The second-order valence-electron chi connectivity index (χ2n) is 18.6. The maximum atomic E-state index is 11.8. The van der Waals surface area contributed by atoms with Crippen molar-refractivity contribution < 1.29 is 25.9 Å². The second kappa shape index (κ2) is 34.7. The van der Waals surface area contributed by atoms with Gasteiger partial charge in [-0.3, -0.25) is 0 Å². The summed E-state index contributed by atoms with van der Waals surface area (Å²) in [6.07, 6.45) is 38.6. The van der Waals surface area contributed by atoms with Gasteiger partial charge in [0.2, 0.25) is 0 Å². The van der Waals surface area contributed by atoms with Crippen molar-refractivity contribution in [2.45, 2.75) is 243 Å². The summed E-state index contributed by atoms with van der Waals surface area (Å²) in [4.78, 5) is -0.174. The smallest absolute Gasteiger partial charge is 0.744 e. The van der Waals surface area contributed by atoms with Gasteiger partial charge in [-0.1, -0.05) is 218 Å². The van der Waals surface area contributed by atoms with Crippen molar-refractivity contribution in [3.05, 3.63) is 82.9 Å². The molecule has 0 atom stereocenters. The van der Waals surface area contributed by atoms with Crippen LogP contribution in [0.25, 0.3) is 21.5 Å². The summed E-state index contributed by atoms with van der Waals surface area (Å²) in [7, 11) is -8.91. The zero-order valence-corrected chi connectivity index (χ0v) is 45.2. The summed E-state index contributed by atoms with van der Waals surface area (Å²) >= 11 is 0. The number of benzene rings is 4. The van der Waals surface area contributed by atoms with E-state index < -0.39 is 20.2 Å². The predicted molar refractivity (Wildman–Crippen MR) is 276 cm³/mol. The van der Waals surface area contributed by atoms with E-state index in [4.69, 9.17) is 0 Å². The Morgan fingerprint density at radius 3 is 0.846 bits per heavy atom. The SMILES string of the molecule is CCCCCCCCCc1cccc2cc(S(=O)(=O)[O-])cc(CCCCCCCCC)c12.CCCCCCCCCc1cccc2cc(S(=O)(=O)[O-])cc(CCCCCCCCC)c12.[Ca+2]. The van der Waals surface area contributed by atoms with Gasteiger partial charge in [-0.05, 0) is 119 Å². The summed E-state index contributed by atoms with van der Waals surface area (Å²) in [6, 6.07) is 18.7. The van der Waals surface area contributed by atoms with Crippen LogP contribution in [0.1, 0.15) is 230 Å². The summed E-state index contributed by atoms with van der Waals surface area (Å²) in [5, 5.41) is 4.13. The summed E-state index contributed by atoms with van der Waals surface area (Å²) in [6.45, 7) is 8.95. The fraction of sp³-hybridized carbons (Fsp3) is 0.643. The van der Waals surface area contributed by atoms with Gasteiger partial charge in [-0.15, -0.1) is 0 Å². The van der Waals surface area contributed by atoms with Gasteiger partial charge in [0.1, 0.15) is 20.2 Å². The van der Waals surface area contributed by atoms with Crippen molar-refractivity contribution in [2.24, 2.45) is 0 Å². The largest absolute Gasteiger partial charge is 2.00 e. The molecular weight excluding hydrogens is 873 g/mol. The van der Waals surface area contributed by atoms with Crippen LogP contribution in [0, 0.1) is 0 Å². The van der Waals surface area contributed by atoms with Crippen LogP contribution in [-0.4, -0.2) is 63.7 Å². The summed E-state index contributed by atoms with van der Waals surface area (Å²) < 4.78 is 70.5. The first-order valence-corrected chi connectivity index (χ1v) is 28.8. The molecule has 0 bridgehead atoms. The van der Waals surface area contributed by atoms with Gasteiger partial charge in [-0.25, -0.2) is 16.8 Å². The van der Waals surface area contributed by atoms with Crippen LogP contribution in [-0.2, 0) is 45.9 Å². The van der Waals surface area contributed by atoms with Crippen molar-refractivity contribution in [2.75, 3.05) is 0 Å². The molecule has 0 radical (unpaired) electrons. The van der Waals surface area contributed by atoms with Gasteiger partial charge in [0.15, 0.2) is 0 Å². The molecule has 0 aliphatic rings. The van der Waals surface area contributed by atoms with E-state index in [1.807, 2.05) is 24.3 Å². The summed E-state index contributed by atoms with van der Waals surface area (Å²) in [5.74, 6) is 0. The van der Waals surface area contributed by atoms with Crippen molar-refractivity contribution in [1.82, 2.24) is 0 Å². The molecule has 0 saturated heterocycles. The minimum absolute atomic E-state index is 0. The molecule has 0 aliphatic heterocycles. The molecule has 4 rings (SSSR count). The Balaban J connectivity index is 0.000000440. The van der Waals surface area contributed by atoms with Crippen LogP contribution < -0.4 is 0 Å². The predicted octanol–water partition coefficient (Wildman–Crippen LogP) is 16.3. The minimum atomic E-state index is -4.46. The second-order valence-corrected chi connectivity index (χ2v) is 21.3. The molecule has 0 aliphatic carbocycles. The Labute approximate surface area is 427 Å². The van der Waals surface area contributed by atoms with Gasteiger partial charge in [0.25, 0.3) is 0 Å². The molecule has 0 unspecified atom stereocenters. The van der Waals surface area contributed by atoms with Crippen LogP contribution in [0.2, 0.25) is 0 Å². The molecule has 0 spiro atoms. The minimum Gasteiger partial charge on any atom is -0.744 e. The third kappa shape index (κ3) is 23.6. The third-order valence-electron chi connectivity index (χ3n) is 13.0. The zero-order chi connectivity index (χ0) is 46.5. The molecule has 0 saturated carbocycles. The van der Waals surface area contributed by atoms with Crippen molar-refractivity contribution in [3.8, 4) is 0 Å². The van der Waals surface area contributed by atoms with Gasteiger partial charge in [0, 0.05) is 0 Å². The van der Waals surface area contributed by atoms with Gasteiger partial charge < -0.3 is 9.11 Å². The average molecular weight is 960 g/mol. The molecule has 360 valence electrons. The van der Waals surface area contributed by atoms with E-state index in [0.717, 1.165) is 86.1 Å². The van der Waals surface area contributed by atoms with Crippen LogP contribution >= 0.6 is 0 Å². The Hall–Kier alpha value is -1.52. The number of hydrogen-bond acceptors (Lipinski definition) is 6. The first-order chi connectivity index (χ1) is 30.9. The standard InChI is InChI=1S/2C28H44O3S.Ca/c2*1-3-5-7-9-11-13-15-18-24-20-17-21-26-23-27(32(29,30)31)22-25(28(24)26)19-16-14-12-10-8-6-4-2;/h2*17,20-23H,3-16,18-19H2,1-2H3,(H,29,30,31);/q;;+2/p-2. The molecule has 0 fully saturated rings. The van der Waals surface area contributed by atoms with E-state index in [0.29, 0.717) is 0 Å². The Bertz CT molecular complexity index is 1960. The molecule has 0 amide bonds. The molecule has 0 heterocycles. The molecule has 65 heavy (non-hydrogen) atoms. The Morgan fingerprint density at radius 2 is 0.585 bits per heavy atom. The van der Waals surface area contributed by atoms with E-state index in [2.05, 4.69) is 39.8 Å². The summed E-state index contributed by atoms with van der Waals surface area (Å²) in [5.41, 5.74) is 4.65. The van der Waals surface area contributed by atoms with Gasteiger partial charge in [-0.2, -0.15) is 0 Å². The Kier molecular flexibility index (Phi) is 31.8. The van der Waals surface area contributed by atoms with E-state index >= 15 is 0 Å². The van der Waals surface area contributed by atoms with Crippen molar-refractivity contribution in [3.63, 3.8) is 0 Å². The molecule has 0 aromatic heterocycles. The van der Waals surface area contributed by atoms with Crippen molar-refractivity contribution >= 4 is 79.5 Å². The maximum absolute atomic E-state index is 11.8. The number of fused-ring (bicyclic) bond motifs is 2. The number of hydrogen-bond donors (Lipinski definition) is 0. The monoisotopic (exact) mass is 959 g/mol. The maximum Gasteiger partial charge on any atom is 2.00 e. The molecule has 6 nitrogen and oxygen atoms in total. The number of rotatable bonds is 34. The van der Waals surface area contributed by atoms with E-state index in [1.165, 1.54) is 163 Å². The van der Waals surface area contributed by atoms with Crippen LogP contribution in [0.4, 0.5) is 0 Å². The average Bonchev–Trinajstić information content (AvgIpc) is 3.27. The van der Waals surface area contributed by atoms with Crippen LogP contribution in [0.5, 0.6) is 0 Å². The molecule has 4 aromatic carbocycles. The molecule has 0 N–H and O–H groups in total. The normalized spacial score (nSPS) is 11.8.